The zero-order chi connectivity index (χ0) is 27.7. The Labute approximate surface area is 221 Å². The van der Waals surface area contributed by atoms with E-state index in [1.807, 2.05) is 0 Å². The van der Waals surface area contributed by atoms with Crippen LogP contribution in [0.1, 0.15) is 5.56 Å². The van der Waals surface area contributed by atoms with E-state index < -0.39 is 22.5 Å². The molecule has 11 nitrogen and oxygen atoms in total. The summed E-state index contributed by atoms with van der Waals surface area (Å²) in [6.45, 7) is -0.560. The summed E-state index contributed by atoms with van der Waals surface area (Å²) in [5.74, 6) is 1.37. The zero-order valence-corrected chi connectivity index (χ0v) is 22.4. The highest BCUT2D eigenvalue weighted by Gasteiger charge is 2.28. The molecular weight excluding hydrogens is 514 g/mol. The second-order valence-corrected chi connectivity index (χ2v) is 9.46. The quantitative estimate of drug-likeness (QED) is 0.273. The van der Waals surface area contributed by atoms with E-state index >= 15 is 0 Å². The van der Waals surface area contributed by atoms with E-state index in [4.69, 9.17) is 23.7 Å². The van der Waals surface area contributed by atoms with E-state index in [0.717, 1.165) is 4.31 Å². The lowest BCUT2D eigenvalue weighted by Gasteiger charge is -2.24. The molecular formula is C26H29N3O8S. The number of hydrazone groups is 1. The molecule has 0 saturated heterocycles. The van der Waals surface area contributed by atoms with Crippen molar-refractivity contribution in [2.75, 3.05) is 46.4 Å². The van der Waals surface area contributed by atoms with Crippen molar-refractivity contribution in [2.45, 2.75) is 4.90 Å². The lowest BCUT2D eigenvalue weighted by molar-refractivity contribution is -0.119. The minimum Gasteiger partial charge on any atom is -0.497 e. The minimum absolute atomic E-state index is 0.0941. The number of carbonyl (C=O) groups is 1. The molecule has 0 aliphatic rings. The van der Waals surface area contributed by atoms with Crippen molar-refractivity contribution in [3.8, 4) is 28.7 Å². The molecule has 0 aliphatic carbocycles. The number of hydrogen-bond acceptors (Lipinski definition) is 9. The Balaban J connectivity index is 1.91. The van der Waals surface area contributed by atoms with Crippen LogP contribution in [0.3, 0.4) is 0 Å². The first-order valence-electron chi connectivity index (χ1n) is 11.2. The molecule has 0 unspecified atom stereocenters. The zero-order valence-electron chi connectivity index (χ0n) is 21.6. The van der Waals surface area contributed by atoms with Gasteiger partial charge in [-0.05, 0) is 48.5 Å². The van der Waals surface area contributed by atoms with Gasteiger partial charge in [0.05, 0.1) is 52.3 Å². The fourth-order valence-corrected chi connectivity index (χ4v) is 4.96. The maximum atomic E-state index is 13.7. The monoisotopic (exact) mass is 543 g/mol. The maximum absolute atomic E-state index is 13.7. The van der Waals surface area contributed by atoms with E-state index in [1.54, 1.807) is 30.3 Å². The summed E-state index contributed by atoms with van der Waals surface area (Å²) in [7, 11) is 3.12. The molecule has 202 valence electrons. The summed E-state index contributed by atoms with van der Waals surface area (Å²) < 4.78 is 54.6. The second kappa shape index (κ2) is 12.7. The largest absolute Gasteiger partial charge is 0.497 e. The van der Waals surface area contributed by atoms with Crippen LogP contribution in [-0.2, 0) is 14.8 Å². The van der Waals surface area contributed by atoms with Gasteiger partial charge in [0.25, 0.3) is 15.9 Å². The number of methoxy groups -OCH3 is 5. The van der Waals surface area contributed by atoms with Gasteiger partial charge in [0, 0.05) is 11.6 Å². The molecule has 3 aromatic rings. The first-order chi connectivity index (χ1) is 18.3. The van der Waals surface area contributed by atoms with Crippen molar-refractivity contribution in [1.82, 2.24) is 5.43 Å². The highest BCUT2D eigenvalue weighted by Crippen LogP contribution is 2.33. The van der Waals surface area contributed by atoms with Gasteiger partial charge in [-0.25, -0.2) is 13.8 Å². The van der Waals surface area contributed by atoms with E-state index in [2.05, 4.69) is 10.5 Å². The van der Waals surface area contributed by atoms with Crippen LogP contribution in [0.2, 0.25) is 0 Å². The molecule has 12 heteroatoms. The van der Waals surface area contributed by atoms with E-state index in [1.165, 1.54) is 72.1 Å². The molecule has 1 N–H and O–H groups in total. The molecule has 0 atom stereocenters. The van der Waals surface area contributed by atoms with Crippen LogP contribution >= 0.6 is 0 Å². The number of nitrogens with zero attached hydrogens (tertiary/aromatic N) is 2. The number of hydrogen-bond donors (Lipinski definition) is 1. The van der Waals surface area contributed by atoms with E-state index in [0.29, 0.717) is 28.6 Å². The van der Waals surface area contributed by atoms with Crippen LogP contribution in [0.4, 0.5) is 5.69 Å². The van der Waals surface area contributed by atoms with Gasteiger partial charge in [0.1, 0.15) is 12.3 Å². The Bertz CT molecular complexity index is 1390. The number of carbonyl (C=O) groups excluding carboxylic acids is 1. The number of amides is 1. The number of rotatable bonds is 12. The minimum atomic E-state index is -4.22. The Morgan fingerprint density at radius 1 is 0.842 bits per heavy atom. The third-order valence-electron chi connectivity index (χ3n) is 5.42. The van der Waals surface area contributed by atoms with Crippen LogP contribution in [0, 0.1) is 0 Å². The SMILES string of the molecule is COc1ccc(N(CC(=O)N/N=C\c2cccc(OC)c2OC)S(=O)(=O)c2ccc(OC)c(OC)c2)cc1. The normalized spacial score (nSPS) is 11.1. The average molecular weight is 544 g/mol. The lowest BCUT2D eigenvalue weighted by atomic mass is 10.2. The maximum Gasteiger partial charge on any atom is 0.264 e. The Kier molecular flexibility index (Phi) is 9.39. The summed E-state index contributed by atoms with van der Waals surface area (Å²) in [5.41, 5.74) is 3.16. The summed E-state index contributed by atoms with van der Waals surface area (Å²) in [6.07, 6.45) is 1.37. The molecule has 0 fully saturated rings. The molecule has 0 saturated carbocycles. The van der Waals surface area contributed by atoms with Crippen LogP contribution < -0.4 is 33.4 Å². The van der Waals surface area contributed by atoms with Crippen molar-refractivity contribution < 1.29 is 36.9 Å². The molecule has 3 rings (SSSR count). The number of benzene rings is 3. The average Bonchev–Trinajstić information content (AvgIpc) is 2.95. The van der Waals surface area contributed by atoms with Gasteiger partial charge in [-0.1, -0.05) is 6.07 Å². The van der Waals surface area contributed by atoms with Crippen molar-refractivity contribution >= 4 is 27.8 Å². The van der Waals surface area contributed by atoms with Crippen LogP contribution in [0.5, 0.6) is 28.7 Å². The predicted octanol–water partition coefficient (Wildman–Crippen LogP) is 3.08. The first-order valence-corrected chi connectivity index (χ1v) is 12.6. The van der Waals surface area contributed by atoms with E-state index in [-0.39, 0.29) is 16.3 Å². The molecule has 0 heterocycles. The Morgan fingerprint density at radius 3 is 2.13 bits per heavy atom. The van der Waals surface area contributed by atoms with Crippen LogP contribution in [0.25, 0.3) is 0 Å². The van der Waals surface area contributed by atoms with Crippen molar-refractivity contribution in [2.24, 2.45) is 5.10 Å². The number of anilines is 1. The third kappa shape index (κ3) is 6.27. The number of para-hydroxylation sites is 1. The van der Waals surface area contributed by atoms with Gasteiger partial charge in [-0.3, -0.25) is 9.10 Å². The first kappa shape index (κ1) is 28.1. The second-order valence-electron chi connectivity index (χ2n) is 7.60. The van der Waals surface area contributed by atoms with Gasteiger partial charge in [0.2, 0.25) is 0 Å². The fraction of sp³-hybridized carbons (Fsp3) is 0.231. The molecule has 1 amide bonds. The van der Waals surface area contributed by atoms with Crippen molar-refractivity contribution in [1.29, 1.82) is 0 Å². The molecule has 38 heavy (non-hydrogen) atoms. The van der Waals surface area contributed by atoms with Gasteiger partial charge in [-0.2, -0.15) is 5.10 Å². The highest BCUT2D eigenvalue weighted by molar-refractivity contribution is 7.92. The van der Waals surface area contributed by atoms with Crippen LogP contribution in [-0.4, -0.2) is 62.6 Å². The smallest absolute Gasteiger partial charge is 0.264 e. The van der Waals surface area contributed by atoms with Gasteiger partial charge in [0.15, 0.2) is 23.0 Å². The Hall–Kier alpha value is -4.45. The fourth-order valence-electron chi connectivity index (χ4n) is 3.52. The topological polar surface area (TPSA) is 125 Å². The summed E-state index contributed by atoms with van der Waals surface area (Å²) in [5, 5.41) is 3.97. The molecule has 0 bridgehead atoms. The summed E-state index contributed by atoms with van der Waals surface area (Å²) >= 11 is 0. The number of ether oxygens (including phenoxy) is 5. The Morgan fingerprint density at radius 2 is 1.53 bits per heavy atom. The van der Waals surface area contributed by atoms with Crippen molar-refractivity contribution in [3.63, 3.8) is 0 Å². The van der Waals surface area contributed by atoms with E-state index in [9.17, 15) is 13.2 Å². The molecule has 0 radical (unpaired) electrons. The molecule has 0 aromatic heterocycles. The third-order valence-corrected chi connectivity index (χ3v) is 7.19. The summed E-state index contributed by atoms with van der Waals surface area (Å²) in [6, 6.07) is 15.6. The highest BCUT2D eigenvalue weighted by atomic mass is 32.2. The molecule has 0 spiro atoms. The number of nitrogens with one attached hydrogen (secondary N) is 1. The summed E-state index contributed by atoms with van der Waals surface area (Å²) in [4.78, 5) is 12.8. The predicted molar refractivity (Wildman–Crippen MR) is 142 cm³/mol. The number of sulfonamides is 1. The van der Waals surface area contributed by atoms with Gasteiger partial charge < -0.3 is 23.7 Å². The standard InChI is InChI=1S/C26H29N3O8S/c1-33-20-11-9-19(10-12-20)29(38(31,32)21-13-14-22(34-2)24(15-21)36-4)17-25(30)28-27-16-18-7-6-8-23(35-3)26(18)37-5/h6-16H,17H2,1-5H3,(H,28,30)/b27-16-. The van der Waals surface area contributed by atoms with Gasteiger partial charge >= 0.3 is 0 Å². The molecule has 3 aromatic carbocycles. The lowest BCUT2D eigenvalue weighted by Crippen LogP contribution is -2.39. The van der Waals surface area contributed by atoms with Crippen LogP contribution in [0.15, 0.2) is 70.7 Å². The van der Waals surface area contributed by atoms with Crippen molar-refractivity contribution in [3.05, 3.63) is 66.2 Å². The molecule has 0 aliphatic heterocycles. The van der Waals surface area contributed by atoms with Gasteiger partial charge in [-0.15, -0.1) is 0 Å².